The molecule has 5 aromatic rings. The molecule has 0 radical (unpaired) electrons. The molecule has 148 valence electrons. The van der Waals surface area contributed by atoms with Crippen LogP contribution in [0.5, 0.6) is 0 Å². The van der Waals surface area contributed by atoms with Crippen molar-refractivity contribution in [2.24, 2.45) is 0 Å². The van der Waals surface area contributed by atoms with Crippen LogP contribution in [-0.4, -0.2) is 9.97 Å². The highest BCUT2D eigenvalue weighted by Gasteiger charge is 2.15. The molecule has 0 N–H and O–H groups in total. The fourth-order valence-corrected chi connectivity index (χ4v) is 3.86. The van der Waals surface area contributed by atoms with Crippen LogP contribution in [-0.2, 0) is 5.41 Å². The van der Waals surface area contributed by atoms with E-state index in [1.807, 2.05) is 25.3 Å². The van der Waals surface area contributed by atoms with E-state index >= 15 is 0 Å². The Kier molecular flexibility index (Phi) is 4.21. The molecule has 0 amide bonds. The number of hydrogen-bond donors (Lipinski definition) is 0. The van der Waals surface area contributed by atoms with Gasteiger partial charge in [-0.1, -0.05) is 63.2 Å². The van der Waals surface area contributed by atoms with Crippen molar-refractivity contribution in [3.05, 3.63) is 84.2 Å². The molecule has 3 heteroatoms. The number of para-hydroxylation sites is 1. The van der Waals surface area contributed by atoms with Gasteiger partial charge in [-0.15, -0.1) is 0 Å². The van der Waals surface area contributed by atoms with E-state index < -0.39 is 0 Å². The molecule has 0 saturated heterocycles. The van der Waals surface area contributed by atoms with Crippen molar-refractivity contribution in [1.29, 1.82) is 0 Å². The summed E-state index contributed by atoms with van der Waals surface area (Å²) in [7, 11) is 0. The lowest BCUT2D eigenvalue weighted by atomic mass is 9.86. The molecule has 0 aliphatic heterocycles. The number of hydrogen-bond acceptors (Lipinski definition) is 3. The minimum Gasteiger partial charge on any atom is -0.437 e. The summed E-state index contributed by atoms with van der Waals surface area (Å²) in [4.78, 5) is 9.29. The number of nitrogens with zero attached hydrogens (tertiary/aromatic N) is 2. The van der Waals surface area contributed by atoms with Crippen molar-refractivity contribution in [3.8, 4) is 22.4 Å². The number of aromatic nitrogens is 2. The van der Waals surface area contributed by atoms with Crippen LogP contribution in [0.4, 0.5) is 0 Å². The van der Waals surface area contributed by atoms with Gasteiger partial charge in [-0.3, -0.25) is 4.98 Å². The summed E-state index contributed by atoms with van der Waals surface area (Å²) in [6.45, 7) is 8.66. The Labute approximate surface area is 176 Å². The number of benzene rings is 2. The topological polar surface area (TPSA) is 38.9 Å². The molecule has 0 unspecified atom stereocenters. The maximum Gasteiger partial charge on any atom is 0.227 e. The van der Waals surface area contributed by atoms with Crippen molar-refractivity contribution in [3.63, 3.8) is 0 Å². The molecule has 0 atom stereocenters. The van der Waals surface area contributed by atoms with Crippen molar-refractivity contribution < 1.29 is 4.42 Å². The Morgan fingerprint density at radius 3 is 2.23 bits per heavy atom. The molecule has 2 aromatic carbocycles. The Morgan fingerprint density at radius 1 is 0.767 bits per heavy atom. The molecule has 3 aromatic heterocycles. The molecule has 0 spiro atoms. The number of aryl methyl sites for hydroxylation is 1. The van der Waals surface area contributed by atoms with Crippen molar-refractivity contribution in [1.82, 2.24) is 9.97 Å². The lowest BCUT2D eigenvalue weighted by Gasteiger charge is -2.19. The average Bonchev–Trinajstić information content (AvgIpc) is 3.11. The van der Waals surface area contributed by atoms with E-state index in [9.17, 15) is 0 Å². The molecule has 5 rings (SSSR count). The van der Waals surface area contributed by atoms with Gasteiger partial charge in [0.25, 0.3) is 0 Å². The lowest BCUT2D eigenvalue weighted by molar-refractivity contribution is 0.590. The molecular weight excluding hydrogens is 368 g/mol. The molecule has 0 fully saturated rings. The predicted molar refractivity (Wildman–Crippen MR) is 124 cm³/mol. The highest BCUT2D eigenvalue weighted by molar-refractivity contribution is 6.08. The van der Waals surface area contributed by atoms with Crippen molar-refractivity contribution in [2.75, 3.05) is 0 Å². The van der Waals surface area contributed by atoms with Gasteiger partial charge in [0.15, 0.2) is 0 Å². The maximum atomic E-state index is 6.13. The van der Waals surface area contributed by atoms with Crippen molar-refractivity contribution in [2.45, 2.75) is 33.1 Å². The Bertz CT molecular complexity index is 1350. The summed E-state index contributed by atoms with van der Waals surface area (Å²) < 4.78 is 6.13. The molecule has 0 bridgehead atoms. The van der Waals surface area contributed by atoms with Gasteiger partial charge in [0.05, 0.1) is 5.69 Å². The number of rotatable bonds is 2. The largest absolute Gasteiger partial charge is 0.437 e. The molecule has 0 aliphatic carbocycles. The number of fused-ring (bicyclic) bond motifs is 3. The quantitative estimate of drug-likeness (QED) is 0.316. The second kappa shape index (κ2) is 6.81. The van der Waals surface area contributed by atoms with Gasteiger partial charge in [0.2, 0.25) is 5.71 Å². The SMILES string of the molecule is Cc1ccc2c(n1)oc1c(-c3ccc(-c4ccc(C(C)(C)C)cc4)cn3)cccc12. The van der Waals surface area contributed by atoms with Crippen molar-refractivity contribution >= 4 is 22.1 Å². The van der Waals surface area contributed by atoms with E-state index in [1.165, 1.54) is 11.1 Å². The number of pyridine rings is 2. The van der Waals surface area contributed by atoms with E-state index in [4.69, 9.17) is 9.40 Å². The lowest BCUT2D eigenvalue weighted by Crippen LogP contribution is -2.10. The molecule has 0 aliphatic rings. The number of furan rings is 1. The minimum absolute atomic E-state index is 0.152. The van der Waals surface area contributed by atoms with E-state index in [0.29, 0.717) is 5.71 Å². The molecule has 3 nitrogen and oxygen atoms in total. The van der Waals surface area contributed by atoms with Crippen LogP contribution in [0.1, 0.15) is 32.0 Å². The molecule has 0 saturated carbocycles. The first-order valence-electron chi connectivity index (χ1n) is 10.3. The van der Waals surface area contributed by atoms with Gasteiger partial charge in [-0.05, 0) is 47.7 Å². The third-order valence-corrected chi connectivity index (χ3v) is 5.63. The Morgan fingerprint density at radius 2 is 1.53 bits per heavy atom. The van der Waals surface area contributed by atoms with Crippen LogP contribution in [0, 0.1) is 6.92 Å². The highest BCUT2D eigenvalue weighted by Crippen LogP contribution is 2.35. The summed E-state index contributed by atoms with van der Waals surface area (Å²) >= 11 is 0. The van der Waals surface area contributed by atoms with E-state index in [2.05, 4.69) is 80.4 Å². The fourth-order valence-electron chi connectivity index (χ4n) is 3.86. The zero-order valence-electron chi connectivity index (χ0n) is 17.7. The van der Waals surface area contributed by atoms with E-state index in [-0.39, 0.29) is 5.41 Å². The second-order valence-electron chi connectivity index (χ2n) is 8.85. The first-order chi connectivity index (χ1) is 14.4. The third kappa shape index (κ3) is 3.17. The normalized spacial score (nSPS) is 12.0. The van der Waals surface area contributed by atoms with E-state index in [1.54, 1.807) is 0 Å². The summed E-state index contributed by atoms with van der Waals surface area (Å²) in [6, 6.07) is 23.2. The van der Waals surface area contributed by atoms with Crippen LogP contribution in [0.25, 0.3) is 44.5 Å². The maximum absolute atomic E-state index is 6.13. The summed E-state index contributed by atoms with van der Waals surface area (Å²) in [6.07, 6.45) is 1.94. The first-order valence-corrected chi connectivity index (χ1v) is 10.3. The summed E-state index contributed by atoms with van der Waals surface area (Å²) in [5.41, 5.74) is 8.09. The van der Waals surface area contributed by atoms with Gasteiger partial charge in [-0.25, -0.2) is 4.98 Å². The van der Waals surface area contributed by atoms with Gasteiger partial charge < -0.3 is 4.42 Å². The molecule has 30 heavy (non-hydrogen) atoms. The van der Waals surface area contributed by atoms with E-state index in [0.717, 1.165) is 38.9 Å². The monoisotopic (exact) mass is 392 g/mol. The zero-order chi connectivity index (χ0) is 20.9. The molecular formula is C27H24N2O. The summed E-state index contributed by atoms with van der Waals surface area (Å²) in [5, 5.41) is 2.10. The highest BCUT2D eigenvalue weighted by atomic mass is 16.3. The third-order valence-electron chi connectivity index (χ3n) is 5.63. The van der Waals surface area contributed by atoms with Crippen LogP contribution in [0.15, 0.2) is 77.3 Å². The fraction of sp³-hybridized carbons (Fsp3) is 0.185. The summed E-state index contributed by atoms with van der Waals surface area (Å²) in [5.74, 6) is 0. The minimum atomic E-state index is 0.152. The smallest absolute Gasteiger partial charge is 0.227 e. The van der Waals surface area contributed by atoms with Gasteiger partial charge in [-0.2, -0.15) is 0 Å². The zero-order valence-corrected chi connectivity index (χ0v) is 17.7. The van der Waals surface area contributed by atoms with Gasteiger partial charge >= 0.3 is 0 Å². The average molecular weight is 393 g/mol. The van der Waals surface area contributed by atoms with Gasteiger partial charge in [0, 0.05) is 33.8 Å². The van der Waals surface area contributed by atoms with Gasteiger partial charge in [0.1, 0.15) is 5.58 Å². The predicted octanol–water partition coefficient (Wildman–Crippen LogP) is 7.32. The second-order valence-corrected chi connectivity index (χ2v) is 8.85. The van der Waals surface area contributed by atoms with Crippen LogP contribution >= 0.6 is 0 Å². The van der Waals surface area contributed by atoms with Crippen LogP contribution < -0.4 is 0 Å². The Hall–Kier alpha value is -3.46. The first kappa shape index (κ1) is 18.6. The standard InChI is InChI=1S/C27H24N2O/c1-17-8-14-22-21-6-5-7-23(25(21)30-26(22)29-17)24-15-11-19(16-28-24)18-9-12-20(13-10-18)27(2,3)4/h5-16H,1-4H3. The van der Waals surface area contributed by atoms with Crippen LogP contribution in [0.3, 0.4) is 0 Å². The van der Waals surface area contributed by atoms with Crippen LogP contribution in [0.2, 0.25) is 0 Å². The Balaban J connectivity index is 1.54. The molecule has 3 heterocycles.